The van der Waals surface area contributed by atoms with Gasteiger partial charge in [0.15, 0.2) is 6.61 Å². The summed E-state index contributed by atoms with van der Waals surface area (Å²) < 4.78 is 11.9. The lowest BCUT2D eigenvalue weighted by atomic mass is 9.77. The quantitative estimate of drug-likeness (QED) is 0.651. The minimum Gasteiger partial charge on any atom is -0.482 e. The molecule has 0 saturated carbocycles. The van der Waals surface area contributed by atoms with Crippen molar-refractivity contribution >= 4 is 11.9 Å². The third kappa shape index (κ3) is 6.09. The maximum Gasteiger partial charge on any atom is 0.341 e. The number of piperidine rings is 1. The summed E-state index contributed by atoms with van der Waals surface area (Å²) in [6.45, 7) is 11.7. The minimum atomic E-state index is -1.08. The van der Waals surface area contributed by atoms with Gasteiger partial charge in [-0.1, -0.05) is 32.9 Å². The number of carboxylic acid groups (broad SMARTS) is 1. The number of hydrogen-bond acceptors (Lipinski definition) is 6. The van der Waals surface area contributed by atoms with E-state index in [1.165, 1.54) is 6.92 Å². The number of likely N-dealkylation sites (tertiary alicyclic amines) is 1. The topological polar surface area (TPSA) is 99.5 Å². The fourth-order valence-corrected chi connectivity index (χ4v) is 4.93. The van der Waals surface area contributed by atoms with Gasteiger partial charge in [-0.05, 0) is 43.2 Å². The molecule has 0 aliphatic carbocycles. The summed E-state index contributed by atoms with van der Waals surface area (Å²) in [6, 6.07) is 5.79. The number of amides is 1. The Balaban J connectivity index is 1.70. The Bertz CT molecular complexity index is 899. The molecule has 190 valence electrons. The number of carbonyl (C=O) groups excluding carboxylic acids is 1. The van der Waals surface area contributed by atoms with Crippen LogP contribution >= 0.6 is 0 Å². The van der Waals surface area contributed by atoms with Gasteiger partial charge in [0.05, 0.1) is 18.2 Å². The Morgan fingerprint density at radius 3 is 2.47 bits per heavy atom. The highest BCUT2D eigenvalue weighted by molar-refractivity contribution is 5.73. The normalized spacial score (nSPS) is 25.2. The van der Waals surface area contributed by atoms with Crippen LogP contribution in [-0.4, -0.2) is 82.5 Å². The molecule has 8 heteroatoms. The first-order valence-corrected chi connectivity index (χ1v) is 12.0. The molecule has 0 bridgehead atoms. The molecule has 2 N–H and O–H groups in total. The fraction of sp³-hybridized carbons (Fsp3) is 0.692. The van der Waals surface area contributed by atoms with E-state index in [0.717, 1.165) is 37.1 Å². The van der Waals surface area contributed by atoms with Gasteiger partial charge in [0, 0.05) is 39.2 Å². The van der Waals surface area contributed by atoms with E-state index in [-0.39, 0.29) is 36.2 Å². The van der Waals surface area contributed by atoms with Gasteiger partial charge in [0.2, 0.25) is 5.91 Å². The van der Waals surface area contributed by atoms with Gasteiger partial charge in [-0.3, -0.25) is 9.69 Å². The van der Waals surface area contributed by atoms with Crippen molar-refractivity contribution in [2.75, 3.05) is 33.4 Å². The lowest BCUT2D eigenvalue weighted by Crippen LogP contribution is -2.63. The zero-order valence-electron chi connectivity index (χ0n) is 21.4. The summed E-state index contributed by atoms with van der Waals surface area (Å²) in [5.41, 5.74) is 0.560. The number of aliphatic hydroxyl groups is 1. The average Bonchev–Trinajstić information content (AvgIpc) is 2.75. The largest absolute Gasteiger partial charge is 0.482 e. The molecule has 2 aliphatic heterocycles. The van der Waals surface area contributed by atoms with Crippen molar-refractivity contribution in [3.8, 4) is 5.75 Å². The molecule has 1 aromatic rings. The molecular weight excluding hydrogens is 436 g/mol. The van der Waals surface area contributed by atoms with E-state index in [2.05, 4.69) is 31.7 Å². The van der Waals surface area contributed by atoms with Gasteiger partial charge in [-0.2, -0.15) is 0 Å². The molecule has 0 aromatic heterocycles. The van der Waals surface area contributed by atoms with Crippen molar-refractivity contribution in [3.05, 3.63) is 29.3 Å². The number of benzene rings is 1. The van der Waals surface area contributed by atoms with Crippen LogP contribution in [0.2, 0.25) is 0 Å². The van der Waals surface area contributed by atoms with Crippen molar-refractivity contribution in [2.45, 2.75) is 83.1 Å². The summed E-state index contributed by atoms with van der Waals surface area (Å²) in [6.07, 6.45) is 2.21. The van der Waals surface area contributed by atoms with Crippen molar-refractivity contribution in [1.82, 2.24) is 9.80 Å². The van der Waals surface area contributed by atoms with Crippen LogP contribution in [0.3, 0.4) is 0 Å². The lowest BCUT2D eigenvalue weighted by molar-refractivity contribution is -0.209. The summed E-state index contributed by atoms with van der Waals surface area (Å²) in [5, 5.41) is 19.9. The molecule has 2 atom stereocenters. The maximum absolute atomic E-state index is 12.0. The Morgan fingerprint density at radius 1 is 1.26 bits per heavy atom. The van der Waals surface area contributed by atoms with Gasteiger partial charge >= 0.3 is 5.97 Å². The van der Waals surface area contributed by atoms with Crippen molar-refractivity contribution in [3.63, 3.8) is 0 Å². The van der Waals surface area contributed by atoms with Crippen LogP contribution in [0.25, 0.3) is 0 Å². The van der Waals surface area contributed by atoms with E-state index < -0.39 is 11.6 Å². The third-order valence-corrected chi connectivity index (χ3v) is 7.36. The van der Waals surface area contributed by atoms with E-state index >= 15 is 0 Å². The molecule has 2 heterocycles. The van der Waals surface area contributed by atoms with Crippen LogP contribution in [0.15, 0.2) is 18.2 Å². The lowest BCUT2D eigenvalue weighted by Gasteiger charge is -2.52. The average molecular weight is 477 g/mol. The second-order valence-electron chi connectivity index (χ2n) is 11.2. The number of hydrogen-bond donors (Lipinski definition) is 2. The van der Waals surface area contributed by atoms with E-state index in [4.69, 9.17) is 14.6 Å². The Kier molecular flexibility index (Phi) is 7.65. The highest BCUT2D eigenvalue weighted by Gasteiger charge is 2.50. The van der Waals surface area contributed by atoms with Gasteiger partial charge in [-0.15, -0.1) is 0 Å². The second kappa shape index (κ2) is 9.84. The molecule has 1 amide bonds. The van der Waals surface area contributed by atoms with Gasteiger partial charge in [-0.25, -0.2) is 4.79 Å². The fourth-order valence-electron chi connectivity index (χ4n) is 4.93. The highest BCUT2D eigenvalue weighted by Crippen LogP contribution is 2.40. The summed E-state index contributed by atoms with van der Waals surface area (Å²) >= 11 is 0. The molecule has 8 nitrogen and oxygen atoms in total. The van der Waals surface area contributed by atoms with Crippen LogP contribution in [-0.2, 0) is 26.3 Å². The molecule has 2 fully saturated rings. The third-order valence-electron chi connectivity index (χ3n) is 7.36. The van der Waals surface area contributed by atoms with Crippen LogP contribution in [0, 0.1) is 0 Å². The first-order valence-electron chi connectivity index (χ1n) is 12.0. The van der Waals surface area contributed by atoms with Gasteiger partial charge < -0.3 is 24.6 Å². The Hall–Kier alpha value is -2.16. The van der Waals surface area contributed by atoms with E-state index in [9.17, 15) is 14.7 Å². The molecule has 3 rings (SSSR count). The zero-order valence-corrected chi connectivity index (χ0v) is 21.4. The maximum atomic E-state index is 12.0. The van der Waals surface area contributed by atoms with Gasteiger partial charge in [0.1, 0.15) is 11.4 Å². The van der Waals surface area contributed by atoms with E-state index in [1.54, 1.807) is 18.9 Å². The summed E-state index contributed by atoms with van der Waals surface area (Å²) in [7, 11) is 1.75. The first kappa shape index (κ1) is 26.4. The smallest absolute Gasteiger partial charge is 0.341 e. The molecule has 2 saturated heterocycles. The van der Waals surface area contributed by atoms with Crippen LogP contribution in [0.4, 0.5) is 0 Å². The standard InChI is InChI=1S/C26H40N2O6/c1-18(29)27(6)22-14-26(34-17-25(22,5)32)9-11-28(12-10-26)15-19-7-8-20(24(2,3)4)13-21(19)33-16-23(30)31/h7-8,13,22,32H,9-12,14-17H2,1-6H3,(H,30,31)/t22-,25-/m0/s1. The van der Waals surface area contributed by atoms with Gasteiger partial charge in [0.25, 0.3) is 0 Å². The highest BCUT2D eigenvalue weighted by atomic mass is 16.5. The van der Waals surface area contributed by atoms with E-state index in [0.29, 0.717) is 18.7 Å². The SMILES string of the molecule is CC(=O)N(C)[C@H]1CC2(CCN(Cc3ccc(C(C)(C)C)cc3OCC(=O)O)CC2)OC[C@]1(C)O. The molecule has 0 radical (unpaired) electrons. The molecular formula is C26H40N2O6. The van der Waals surface area contributed by atoms with Crippen molar-refractivity contribution in [1.29, 1.82) is 0 Å². The molecule has 1 spiro atoms. The summed E-state index contributed by atoms with van der Waals surface area (Å²) in [4.78, 5) is 27.0. The number of likely N-dealkylation sites (N-methyl/N-ethyl adjacent to an activating group) is 1. The monoisotopic (exact) mass is 476 g/mol. The van der Waals surface area contributed by atoms with Crippen LogP contribution in [0.1, 0.15) is 65.0 Å². The van der Waals surface area contributed by atoms with Crippen molar-refractivity contribution in [2.24, 2.45) is 0 Å². The molecule has 1 aromatic carbocycles. The molecule has 2 aliphatic rings. The summed E-state index contributed by atoms with van der Waals surface area (Å²) in [5.74, 6) is -0.446. The first-order chi connectivity index (χ1) is 15.7. The molecule has 0 unspecified atom stereocenters. The second-order valence-corrected chi connectivity index (χ2v) is 11.2. The zero-order chi connectivity index (χ0) is 25.3. The number of nitrogens with zero attached hydrogens (tertiary/aromatic N) is 2. The Labute approximate surface area is 202 Å². The number of aliphatic carboxylic acids is 1. The molecule has 34 heavy (non-hydrogen) atoms. The van der Waals surface area contributed by atoms with Crippen LogP contribution in [0.5, 0.6) is 5.75 Å². The van der Waals surface area contributed by atoms with E-state index in [1.807, 2.05) is 12.1 Å². The number of ether oxygens (including phenoxy) is 2. The number of rotatable bonds is 6. The Morgan fingerprint density at radius 2 is 1.91 bits per heavy atom. The minimum absolute atomic E-state index is 0.0626. The predicted molar refractivity (Wildman–Crippen MR) is 129 cm³/mol. The number of carbonyl (C=O) groups is 2. The van der Waals surface area contributed by atoms with Crippen LogP contribution < -0.4 is 4.74 Å². The van der Waals surface area contributed by atoms with Crippen molar-refractivity contribution < 1.29 is 29.3 Å². The number of carboxylic acids is 1. The predicted octanol–water partition coefficient (Wildman–Crippen LogP) is 2.80.